The SMILES string of the molecule is CCCCC(=O)C1=C(c2coc(-c3ccccc3)n2)C(=O)N(C)C1. The highest BCUT2D eigenvalue weighted by Crippen LogP contribution is 2.30. The quantitative estimate of drug-likeness (QED) is 0.817. The smallest absolute Gasteiger partial charge is 0.256 e. The summed E-state index contributed by atoms with van der Waals surface area (Å²) in [5, 5.41) is 0. The predicted molar refractivity (Wildman–Crippen MR) is 91.0 cm³/mol. The fourth-order valence-electron chi connectivity index (χ4n) is 2.79. The van der Waals surface area contributed by atoms with Gasteiger partial charge in [-0.3, -0.25) is 9.59 Å². The Balaban J connectivity index is 1.97. The predicted octanol–water partition coefficient (Wildman–Crippen LogP) is 3.33. The number of likely N-dealkylation sites (N-methyl/N-ethyl adjacent to an activating group) is 1. The van der Waals surface area contributed by atoms with Gasteiger partial charge in [0.15, 0.2) is 5.78 Å². The summed E-state index contributed by atoms with van der Waals surface area (Å²) in [6, 6.07) is 9.48. The number of carbonyl (C=O) groups is 2. The number of aromatic nitrogens is 1. The number of hydrogen-bond acceptors (Lipinski definition) is 4. The average molecular weight is 324 g/mol. The number of unbranched alkanes of at least 4 members (excludes halogenated alkanes) is 1. The molecule has 1 aromatic heterocycles. The van der Waals surface area contributed by atoms with Gasteiger partial charge in [0.1, 0.15) is 12.0 Å². The molecule has 0 saturated carbocycles. The molecule has 1 aromatic carbocycles. The van der Waals surface area contributed by atoms with Crippen molar-refractivity contribution in [1.29, 1.82) is 0 Å². The first-order chi connectivity index (χ1) is 11.6. The van der Waals surface area contributed by atoms with Gasteiger partial charge in [-0.2, -0.15) is 0 Å². The molecule has 2 heterocycles. The van der Waals surface area contributed by atoms with E-state index >= 15 is 0 Å². The molecule has 1 aliphatic heterocycles. The zero-order valence-corrected chi connectivity index (χ0v) is 13.9. The summed E-state index contributed by atoms with van der Waals surface area (Å²) in [4.78, 5) is 30.9. The lowest BCUT2D eigenvalue weighted by molar-refractivity contribution is -0.122. The van der Waals surface area contributed by atoms with Gasteiger partial charge in [-0.1, -0.05) is 31.5 Å². The van der Waals surface area contributed by atoms with Crippen LogP contribution in [0.15, 0.2) is 46.6 Å². The third kappa shape index (κ3) is 3.02. The fraction of sp³-hybridized carbons (Fsp3) is 0.316. The number of carbonyl (C=O) groups excluding carboxylic acids is 2. The van der Waals surface area contributed by atoms with E-state index in [1.165, 1.54) is 6.26 Å². The van der Waals surface area contributed by atoms with Crippen LogP contribution in [0.3, 0.4) is 0 Å². The van der Waals surface area contributed by atoms with E-state index in [4.69, 9.17) is 4.42 Å². The Morgan fingerprint density at radius 3 is 2.75 bits per heavy atom. The van der Waals surface area contributed by atoms with Gasteiger partial charge in [-0.25, -0.2) is 4.98 Å². The van der Waals surface area contributed by atoms with Crippen LogP contribution in [0.25, 0.3) is 17.0 Å². The molecule has 124 valence electrons. The zero-order chi connectivity index (χ0) is 17.1. The highest BCUT2D eigenvalue weighted by molar-refractivity contribution is 6.28. The summed E-state index contributed by atoms with van der Waals surface area (Å²) in [7, 11) is 1.70. The molecule has 5 nitrogen and oxygen atoms in total. The van der Waals surface area contributed by atoms with Gasteiger partial charge in [-0.05, 0) is 18.6 Å². The first-order valence-corrected chi connectivity index (χ1v) is 8.15. The van der Waals surface area contributed by atoms with Crippen LogP contribution in [-0.2, 0) is 9.59 Å². The lowest BCUT2D eigenvalue weighted by Crippen LogP contribution is -2.22. The van der Waals surface area contributed by atoms with Crippen molar-refractivity contribution in [3.63, 3.8) is 0 Å². The van der Waals surface area contributed by atoms with Gasteiger partial charge in [0.2, 0.25) is 5.89 Å². The molecule has 3 rings (SSSR count). The molecule has 0 fully saturated rings. The van der Waals surface area contributed by atoms with E-state index in [0.29, 0.717) is 35.7 Å². The van der Waals surface area contributed by atoms with E-state index in [2.05, 4.69) is 4.98 Å². The number of nitrogens with zero attached hydrogens (tertiary/aromatic N) is 2. The van der Waals surface area contributed by atoms with E-state index < -0.39 is 0 Å². The van der Waals surface area contributed by atoms with Crippen LogP contribution in [0.5, 0.6) is 0 Å². The molecule has 0 spiro atoms. The van der Waals surface area contributed by atoms with Crippen molar-refractivity contribution in [1.82, 2.24) is 9.88 Å². The molecule has 0 radical (unpaired) electrons. The third-order valence-corrected chi connectivity index (χ3v) is 4.13. The van der Waals surface area contributed by atoms with Crippen LogP contribution < -0.4 is 0 Å². The summed E-state index contributed by atoms with van der Waals surface area (Å²) < 4.78 is 5.53. The molecule has 0 atom stereocenters. The lowest BCUT2D eigenvalue weighted by Gasteiger charge is -2.07. The molecule has 1 aliphatic rings. The van der Waals surface area contributed by atoms with Crippen molar-refractivity contribution in [2.75, 3.05) is 13.6 Å². The van der Waals surface area contributed by atoms with Crippen LogP contribution >= 0.6 is 0 Å². The number of ketones is 1. The second-order valence-corrected chi connectivity index (χ2v) is 5.95. The van der Waals surface area contributed by atoms with Crippen LogP contribution in [0.1, 0.15) is 31.9 Å². The standard InChI is InChI=1S/C19H20N2O3/c1-3-4-10-16(22)14-11-21(2)19(23)17(14)15-12-24-18(20-15)13-8-6-5-7-9-13/h5-9,12H,3-4,10-11H2,1-2H3. The molecule has 24 heavy (non-hydrogen) atoms. The van der Waals surface area contributed by atoms with Crippen molar-refractivity contribution < 1.29 is 14.0 Å². The number of Topliss-reactive ketones (excluding diaryl/α,β-unsaturated/α-hetero) is 1. The minimum Gasteiger partial charge on any atom is -0.444 e. The fourth-order valence-corrected chi connectivity index (χ4v) is 2.79. The maximum absolute atomic E-state index is 12.5. The Morgan fingerprint density at radius 2 is 2.04 bits per heavy atom. The van der Waals surface area contributed by atoms with E-state index in [9.17, 15) is 9.59 Å². The monoisotopic (exact) mass is 324 g/mol. The Bertz CT molecular complexity index is 790. The van der Waals surface area contributed by atoms with E-state index in [1.807, 2.05) is 37.3 Å². The van der Waals surface area contributed by atoms with Gasteiger partial charge >= 0.3 is 0 Å². The number of amides is 1. The largest absolute Gasteiger partial charge is 0.444 e. The molecule has 0 unspecified atom stereocenters. The second kappa shape index (κ2) is 6.83. The van der Waals surface area contributed by atoms with Crippen molar-refractivity contribution in [2.45, 2.75) is 26.2 Å². The molecular weight excluding hydrogens is 304 g/mol. The van der Waals surface area contributed by atoms with Crippen molar-refractivity contribution >= 4 is 17.3 Å². The zero-order valence-electron chi connectivity index (χ0n) is 13.9. The molecule has 1 amide bonds. The number of rotatable bonds is 6. The van der Waals surface area contributed by atoms with Gasteiger partial charge in [-0.15, -0.1) is 0 Å². The topological polar surface area (TPSA) is 63.4 Å². The highest BCUT2D eigenvalue weighted by Gasteiger charge is 2.33. The van der Waals surface area contributed by atoms with Gasteiger partial charge in [0, 0.05) is 24.6 Å². The number of benzene rings is 1. The first-order valence-electron chi connectivity index (χ1n) is 8.15. The van der Waals surface area contributed by atoms with Crippen molar-refractivity contribution in [2.24, 2.45) is 0 Å². The summed E-state index contributed by atoms with van der Waals surface area (Å²) in [6.45, 7) is 2.38. The van der Waals surface area contributed by atoms with Crippen LogP contribution in [0, 0.1) is 0 Å². The molecule has 0 bridgehead atoms. The second-order valence-electron chi connectivity index (χ2n) is 5.95. The van der Waals surface area contributed by atoms with Gasteiger partial charge in [0.05, 0.1) is 12.1 Å². The Kier molecular flexibility index (Phi) is 4.60. The summed E-state index contributed by atoms with van der Waals surface area (Å²) in [5.74, 6) is 0.289. The Labute approximate surface area is 141 Å². The van der Waals surface area contributed by atoms with Crippen molar-refractivity contribution in [3.05, 3.63) is 47.9 Å². The van der Waals surface area contributed by atoms with E-state index in [1.54, 1.807) is 11.9 Å². The highest BCUT2D eigenvalue weighted by atomic mass is 16.3. The van der Waals surface area contributed by atoms with Crippen molar-refractivity contribution in [3.8, 4) is 11.5 Å². The molecular formula is C19H20N2O3. The molecule has 0 saturated heterocycles. The minimum atomic E-state index is -0.178. The third-order valence-electron chi connectivity index (χ3n) is 4.13. The molecule has 2 aromatic rings. The van der Waals surface area contributed by atoms with Crippen LogP contribution in [0.2, 0.25) is 0 Å². The van der Waals surface area contributed by atoms with E-state index in [0.717, 1.165) is 18.4 Å². The summed E-state index contributed by atoms with van der Waals surface area (Å²) in [5.41, 5.74) is 2.19. The van der Waals surface area contributed by atoms with Crippen LogP contribution in [-0.4, -0.2) is 35.2 Å². The maximum atomic E-state index is 12.5. The summed E-state index contributed by atoms with van der Waals surface area (Å²) >= 11 is 0. The Morgan fingerprint density at radius 1 is 1.29 bits per heavy atom. The van der Waals surface area contributed by atoms with E-state index in [-0.39, 0.29) is 11.7 Å². The van der Waals surface area contributed by atoms with Crippen LogP contribution in [0.4, 0.5) is 0 Å². The lowest BCUT2D eigenvalue weighted by atomic mass is 10.0. The Hall–Kier alpha value is -2.69. The van der Waals surface area contributed by atoms with Gasteiger partial charge in [0.25, 0.3) is 5.91 Å². The number of hydrogen-bond donors (Lipinski definition) is 0. The first kappa shape index (κ1) is 16.2. The molecule has 0 N–H and O–H groups in total. The summed E-state index contributed by atoms with van der Waals surface area (Å²) in [6.07, 6.45) is 3.68. The normalized spacial score (nSPS) is 14.6. The minimum absolute atomic E-state index is 0.0220. The molecule has 5 heteroatoms. The molecule has 0 aliphatic carbocycles. The van der Waals surface area contributed by atoms with Gasteiger partial charge < -0.3 is 9.32 Å². The maximum Gasteiger partial charge on any atom is 0.256 e. The number of oxazole rings is 1. The average Bonchev–Trinajstić information content (AvgIpc) is 3.19.